The van der Waals surface area contributed by atoms with E-state index in [-0.39, 0.29) is 12.5 Å². The summed E-state index contributed by atoms with van der Waals surface area (Å²) in [5, 5.41) is 7.42. The number of carbonyl (C=O) groups excluding carboxylic acids is 1. The molecule has 162 valence electrons. The average molecular weight is 422 g/mol. The van der Waals surface area contributed by atoms with Gasteiger partial charge in [0.05, 0.1) is 18.1 Å². The van der Waals surface area contributed by atoms with Crippen molar-refractivity contribution in [3.8, 4) is 11.3 Å². The molecule has 4 rings (SSSR count). The zero-order valence-corrected chi connectivity index (χ0v) is 18.1. The minimum Gasteiger partial charge on any atom is -0.439 e. The second-order valence-corrected chi connectivity index (χ2v) is 7.49. The van der Waals surface area contributed by atoms with E-state index in [1.807, 2.05) is 56.3 Å². The second-order valence-electron chi connectivity index (χ2n) is 7.49. The van der Waals surface area contributed by atoms with Crippen LogP contribution in [0.2, 0.25) is 0 Å². The molecule has 0 saturated carbocycles. The van der Waals surface area contributed by atoms with E-state index in [1.165, 1.54) is 5.56 Å². The zero-order valence-electron chi connectivity index (χ0n) is 18.1. The van der Waals surface area contributed by atoms with Crippen molar-refractivity contribution in [3.05, 3.63) is 54.3 Å². The number of nitrogens with one attached hydrogen (secondary N) is 1. The number of carbonyl (C=O) groups is 1. The molecule has 1 saturated heterocycles. The van der Waals surface area contributed by atoms with Crippen molar-refractivity contribution < 1.29 is 9.21 Å². The van der Waals surface area contributed by atoms with Crippen LogP contribution in [0.25, 0.3) is 11.3 Å². The van der Waals surface area contributed by atoms with Crippen molar-refractivity contribution in [2.75, 3.05) is 31.1 Å². The minimum atomic E-state index is 0.0163. The van der Waals surface area contributed by atoms with Crippen LogP contribution in [0.15, 0.2) is 52.3 Å². The highest BCUT2D eigenvalue weighted by Gasteiger charge is 2.27. The summed E-state index contributed by atoms with van der Waals surface area (Å²) in [6.07, 6.45) is 5.28. The van der Waals surface area contributed by atoms with E-state index in [0.717, 1.165) is 17.0 Å². The summed E-state index contributed by atoms with van der Waals surface area (Å²) in [7, 11) is 1.84. The fourth-order valence-electron chi connectivity index (χ4n) is 3.48. The maximum absolute atomic E-state index is 12.7. The third-order valence-electron chi connectivity index (χ3n) is 5.11. The Morgan fingerprint density at radius 3 is 2.71 bits per heavy atom. The van der Waals surface area contributed by atoms with Crippen LogP contribution in [0.4, 0.5) is 5.69 Å². The van der Waals surface area contributed by atoms with E-state index in [4.69, 9.17) is 4.42 Å². The van der Waals surface area contributed by atoms with Gasteiger partial charge in [0.2, 0.25) is 11.8 Å². The van der Waals surface area contributed by atoms with E-state index in [1.54, 1.807) is 22.0 Å². The summed E-state index contributed by atoms with van der Waals surface area (Å²) in [5.41, 5.74) is 3.00. The van der Waals surface area contributed by atoms with E-state index < -0.39 is 0 Å². The number of guanidine groups is 1. The molecule has 0 bridgehead atoms. The Morgan fingerprint density at radius 1 is 1.23 bits per heavy atom. The number of amides is 1. The maximum Gasteiger partial charge on any atom is 0.246 e. The summed E-state index contributed by atoms with van der Waals surface area (Å²) >= 11 is 0. The predicted molar refractivity (Wildman–Crippen MR) is 119 cm³/mol. The molecular weight excluding hydrogens is 394 g/mol. The molecule has 2 aromatic heterocycles. The van der Waals surface area contributed by atoms with Gasteiger partial charge in [0.15, 0.2) is 11.7 Å². The van der Waals surface area contributed by atoms with Crippen LogP contribution in [0.3, 0.4) is 0 Å². The number of benzene rings is 1. The number of piperazine rings is 1. The van der Waals surface area contributed by atoms with Gasteiger partial charge in [0.25, 0.3) is 0 Å². The van der Waals surface area contributed by atoms with Crippen molar-refractivity contribution in [1.82, 2.24) is 25.0 Å². The molecule has 1 N–H and O–H groups in total. The molecule has 0 aliphatic carbocycles. The largest absolute Gasteiger partial charge is 0.439 e. The molecule has 1 aliphatic heterocycles. The molecule has 0 radical (unpaired) electrons. The van der Waals surface area contributed by atoms with Gasteiger partial charge >= 0.3 is 0 Å². The van der Waals surface area contributed by atoms with Crippen LogP contribution in [-0.2, 0) is 18.4 Å². The summed E-state index contributed by atoms with van der Waals surface area (Å²) in [4.78, 5) is 25.4. The molecule has 9 heteroatoms. The first-order chi connectivity index (χ1) is 15.0. The summed E-state index contributed by atoms with van der Waals surface area (Å²) in [6.45, 7) is 6.55. The Hall–Kier alpha value is -3.62. The van der Waals surface area contributed by atoms with Gasteiger partial charge in [0.1, 0.15) is 13.1 Å². The quantitative estimate of drug-likeness (QED) is 0.502. The highest BCUT2D eigenvalue weighted by molar-refractivity contribution is 5.98. The van der Waals surface area contributed by atoms with Crippen LogP contribution in [-0.4, -0.2) is 57.7 Å². The standard InChI is InChI=1S/C22H27N7O2/c1-4-23-22(28-9-10-29(21(30)15-28)18-11-26-27(3)14-18)25-13-20-24-12-19(31-20)17-7-5-16(2)6-8-17/h5-8,11-12,14H,4,9-10,13,15H2,1-3H3,(H,23,25). The number of anilines is 1. The van der Waals surface area contributed by atoms with Gasteiger partial charge in [0, 0.05) is 38.4 Å². The summed E-state index contributed by atoms with van der Waals surface area (Å²) in [6, 6.07) is 8.11. The van der Waals surface area contributed by atoms with E-state index >= 15 is 0 Å². The molecule has 0 spiro atoms. The molecule has 0 unspecified atom stereocenters. The Morgan fingerprint density at radius 2 is 2.03 bits per heavy atom. The van der Waals surface area contributed by atoms with Crippen molar-refractivity contribution in [2.45, 2.75) is 20.4 Å². The summed E-state index contributed by atoms with van der Waals surface area (Å²) in [5.74, 6) is 1.95. The molecule has 1 aliphatic rings. The zero-order chi connectivity index (χ0) is 21.8. The molecule has 1 aromatic carbocycles. The Bertz CT molecular complexity index is 1070. The number of hydrogen-bond donors (Lipinski definition) is 1. The third kappa shape index (κ3) is 4.76. The number of oxazole rings is 1. The van der Waals surface area contributed by atoms with Gasteiger partial charge in [-0.05, 0) is 13.8 Å². The van der Waals surface area contributed by atoms with Gasteiger partial charge in [-0.3, -0.25) is 9.48 Å². The monoisotopic (exact) mass is 421 g/mol. The predicted octanol–water partition coefficient (Wildman–Crippen LogP) is 2.20. The molecule has 31 heavy (non-hydrogen) atoms. The topological polar surface area (TPSA) is 91.8 Å². The first-order valence-corrected chi connectivity index (χ1v) is 10.4. The lowest BCUT2D eigenvalue weighted by Gasteiger charge is -2.35. The molecular formula is C22H27N7O2. The molecule has 3 aromatic rings. The lowest BCUT2D eigenvalue weighted by molar-refractivity contribution is -0.120. The van der Waals surface area contributed by atoms with Gasteiger partial charge in [-0.15, -0.1) is 0 Å². The normalized spacial score (nSPS) is 14.9. The second kappa shape index (κ2) is 9.03. The van der Waals surface area contributed by atoms with Crippen LogP contribution in [0.1, 0.15) is 18.4 Å². The van der Waals surface area contributed by atoms with Crippen LogP contribution in [0.5, 0.6) is 0 Å². The number of aryl methyl sites for hydroxylation is 2. The van der Waals surface area contributed by atoms with E-state index in [9.17, 15) is 4.79 Å². The number of rotatable bonds is 5. The smallest absolute Gasteiger partial charge is 0.246 e. The highest BCUT2D eigenvalue weighted by Crippen LogP contribution is 2.21. The number of aliphatic imine (C=N–C) groups is 1. The Kier molecular flexibility index (Phi) is 6.01. The van der Waals surface area contributed by atoms with Crippen LogP contribution in [0, 0.1) is 6.92 Å². The highest BCUT2D eigenvalue weighted by atomic mass is 16.4. The van der Waals surface area contributed by atoms with Gasteiger partial charge in [-0.1, -0.05) is 29.8 Å². The van der Waals surface area contributed by atoms with Gasteiger partial charge < -0.3 is 19.5 Å². The van der Waals surface area contributed by atoms with Crippen LogP contribution < -0.4 is 10.2 Å². The first kappa shape index (κ1) is 20.6. The minimum absolute atomic E-state index is 0.0163. The fourth-order valence-corrected chi connectivity index (χ4v) is 3.48. The van der Waals surface area contributed by atoms with E-state index in [2.05, 4.69) is 20.4 Å². The van der Waals surface area contributed by atoms with Gasteiger partial charge in [-0.25, -0.2) is 9.98 Å². The molecule has 3 heterocycles. The third-order valence-corrected chi connectivity index (χ3v) is 5.11. The fraction of sp³-hybridized carbons (Fsp3) is 0.364. The number of aromatic nitrogens is 3. The molecule has 9 nitrogen and oxygen atoms in total. The SMILES string of the molecule is CCNC(=NCc1ncc(-c2ccc(C)cc2)o1)N1CCN(c2cnn(C)c2)C(=O)C1. The lowest BCUT2D eigenvalue weighted by Crippen LogP contribution is -2.55. The van der Waals surface area contributed by atoms with Crippen molar-refractivity contribution in [2.24, 2.45) is 12.0 Å². The molecule has 0 atom stereocenters. The number of hydrogen-bond acceptors (Lipinski definition) is 5. The van der Waals surface area contributed by atoms with Gasteiger partial charge in [-0.2, -0.15) is 5.10 Å². The van der Waals surface area contributed by atoms with Crippen molar-refractivity contribution in [1.29, 1.82) is 0 Å². The van der Waals surface area contributed by atoms with E-state index in [0.29, 0.717) is 38.0 Å². The van der Waals surface area contributed by atoms with Crippen molar-refractivity contribution in [3.63, 3.8) is 0 Å². The van der Waals surface area contributed by atoms with Crippen LogP contribution >= 0.6 is 0 Å². The number of nitrogens with zero attached hydrogens (tertiary/aromatic N) is 6. The molecule has 1 amide bonds. The lowest BCUT2D eigenvalue weighted by atomic mass is 10.1. The average Bonchev–Trinajstić information content (AvgIpc) is 3.41. The Labute approximate surface area is 181 Å². The maximum atomic E-state index is 12.7. The Balaban J connectivity index is 1.43. The first-order valence-electron chi connectivity index (χ1n) is 10.4. The molecule has 1 fully saturated rings. The summed E-state index contributed by atoms with van der Waals surface area (Å²) < 4.78 is 7.57. The van der Waals surface area contributed by atoms with Crippen molar-refractivity contribution >= 4 is 17.6 Å².